The van der Waals surface area contributed by atoms with Gasteiger partial charge in [-0.15, -0.1) is 0 Å². The van der Waals surface area contributed by atoms with Crippen molar-refractivity contribution in [3.8, 4) is 6.07 Å². The highest BCUT2D eigenvalue weighted by atomic mass is 19.4. The molecule has 20 heavy (non-hydrogen) atoms. The van der Waals surface area contributed by atoms with Gasteiger partial charge in [-0.1, -0.05) is 13.8 Å². The Morgan fingerprint density at radius 1 is 1.20 bits per heavy atom. The van der Waals surface area contributed by atoms with Crippen LogP contribution < -0.4 is 4.90 Å². The van der Waals surface area contributed by atoms with Crippen molar-refractivity contribution in [1.82, 2.24) is 0 Å². The van der Waals surface area contributed by atoms with E-state index in [1.807, 2.05) is 38.7 Å². The number of benzene rings is 1. The monoisotopic (exact) mass is 284 g/mol. The second-order valence-electron chi connectivity index (χ2n) is 5.48. The van der Waals surface area contributed by atoms with Crippen LogP contribution in [0.3, 0.4) is 0 Å². The van der Waals surface area contributed by atoms with Crippen LogP contribution in [0.25, 0.3) is 0 Å². The highest BCUT2D eigenvalue weighted by molar-refractivity contribution is 5.61. The Kier molecular flexibility index (Phi) is 5.04. The van der Waals surface area contributed by atoms with Gasteiger partial charge in [0.05, 0.1) is 16.8 Å². The van der Waals surface area contributed by atoms with Crippen LogP contribution in [-0.2, 0) is 6.18 Å². The fourth-order valence-corrected chi connectivity index (χ4v) is 2.03. The summed E-state index contributed by atoms with van der Waals surface area (Å²) in [6.07, 6.45) is -4.43. The average Bonchev–Trinajstić information content (AvgIpc) is 2.33. The van der Waals surface area contributed by atoms with Crippen LogP contribution in [0.4, 0.5) is 18.9 Å². The lowest BCUT2D eigenvalue weighted by Crippen LogP contribution is -2.34. The summed E-state index contributed by atoms with van der Waals surface area (Å²) in [4.78, 5) is 1.96. The summed E-state index contributed by atoms with van der Waals surface area (Å²) in [7, 11) is 0. The maximum absolute atomic E-state index is 12.7. The standard InChI is InChI=1S/C15H19F3N2/c1-10(2)9-20(11(3)4)14-6-5-13(15(16,17)18)7-12(14)8-19/h5-7,10-11H,9H2,1-4H3. The van der Waals surface area contributed by atoms with Crippen molar-refractivity contribution < 1.29 is 13.2 Å². The van der Waals surface area contributed by atoms with Gasteiger partial charge in [0.25, 0.3) is 0 Å². The van der Waals surface area contributed by atoms with Gasteiger partial charge in [-0.25, -0.2) is 0 Å². The number of rotatable bonds is 4. The molecule has 1 rings (SSSR count). The van der Waals surface area contributed by atoms with E-state index < -0.39 is 11.7 Å². The van der Waals surface area contributed by atoms with Gasteiger partial charge >= 0.3 is 6.18 Å². The lowest BCUT2D eigenvalue weighted by Gasteiger charge is -2.31. The van der Waals surface area contributed by atoms with Gasteiger partial charge in [0, 0.05) is 12.6 Å². The summed E-state index contributed by atoms with van der Waals surface area (Å²) in [5, 5.41) is 9.13. The fraction of sp³-hybridized carbons (Fsp3) is 0.533. The summed E-state index contributed by atoms with van der Waals surface area (Å²) in [6.45, 7) is 8.68. The van der Waals surface area contributed by atoms with E-state index in [0.717, 1.165) is 12.1 Å². The minimum atomic E-state index is -4.43. The van der Waals surface area contributed by atoms with Gasteiger partial charge in [0.1, 0.15) is 6.07 Å². The van der Waals surface area contributed by atoms with E-state index in [1.54, 1.807) is 0 Å². The first-order chi connectivity index (χ1) is 9.16. The Labute approximate surface area is 117 Å². The summed E-state index contributed by atoms with van der Waals surface area (Å²) < 4.78 is 38.0. The number of anilines is 1. The van der Waals surface area contributed by atoms with Gasteiger partial charge in [0.15, 0.2) is 0 Å². The van der Waals surface area contributed by atoms with Crippen LogP contribution in [0.15, 0.2) is 18.2 Å². The molecular formula is C15H19F3N2. The first-order valence-corrected chi connectivity index (χ1v) is 6.54. The highest BCUT2D eigenvalue weighted by Crippen LogP contribution is 2.33. The Bertz CT molecular complexity index is 499. The minimum Gasteiger partial charge on any atom is -0.368 e. The quantitative estimate of drug-likeness (QED) is 0.817. The molecule has 0 aliphatic carbocycles. The largest absolute Gasteiger partial charge is 0.416 e. The van der Waals surface area contributed by atoms with Crippen molar-refractivity contribution in [3.63, 3.8) is 0 Å². The van der Waals surface area contributed by atoms with E-state index in [0.29, 0.717) is 18.2 Å². The van der Waals surface area contributed by atoms with E-state index in [1.165, 1.54) is 6.07 Å². The van der Waals surface area contributed by atoms with Crippen molar-refractivity contribution in [2.24, 2.45) is 5.92 Å². The molecule has 0 radical (unpaired) electrons. The lowest BCUT2D eigenvalue weighted by atomic mass is 10.1. The average molecular weight is 284 g/mol. The molecule has 0 fully saturated rings. The molecule has 0 amide bonds. The molecule has 0 saturated carbocycles. The molecule has 0 aliphatic heterocycles. The van der Waals surface area contributed by atoms with Crippen LogP contribution in [0.5, 0.6) is 0 Å². The van der Waals surface area contributed by atoms with Crippen molar-refractivity contribution in [3.05, 3.63) is 29.3 Å². The van der Waals surface area contributed by atoms with Crippen LogP contribution >= 0.6 is 0 Å². The van der Waals surface area contributed by atoms with Crippen molar-refractivity contribution in [1.29, 1.82) is 5.26 Å². The molecule has 1 aromatic carbocycles. The molecular weight excluding hydrogens is 265 g/mol. The Morgan fingerprint density at radius 2 is 1.80 bits per heavy atom. The fourth-order valence-electron chi connectivity index (χ4n) is 2.03. The molecule has 5 heteroatoms. The lowest BCUT2D eigenvalue weighted by molar-refractivity contribution is -0.137. The number of hydrogen-bond acceptors (Lipinski definition) is 2. The number of nitrogens with zero attached hydrogens (tertiary/aromatic N) is 2. The third kappa shape index (κ3) is 3.89. The number of halogens is 3. The zero-order chi connectivity index (χ0) is 15.5. The van der Waals surface area contributed by atoms with Gasteiger partial charge < -0.3 is 4.90 Å². The minimum absolute atomic E-state index is 0.0641. The zero-order valence-electron chi connectivity index (χ0n) is 12.1. The molecule has 0 aliphatic rings. The first-order valence-electron chi connectivity index (χ1n) is 6.54. The van der Waals surface area contributed by atoms with Gasteiger partial charge in [0.2, 0.25) is 0 Å². The first kappa shape index (κ1) is 16.4. The number of hydrogen-bond donors (Lipinski definition) is 0. The van der Waals surface area contributed by atoms with E-state index in [2.05, 4.69) is 0 Å². The highest BCUT2D eigenvalue weighted by Gasteiger charge is 2.31. The Hall–Kier alpha value is -1.70. The predicted molar refractivity (Wildman–Crippen MR) is 73.5 cm³/mol. The van der Waals surface area contributed by atoms with Gasteiger partial charge in [-0.2, -0.15) is 18.4 Å². The van der Waals surface area contributed by atoms with Crippen LogP contribution in [-0.4, -0.2) is 12.6 Å². The van der Waals surface area contributed by atoms with Gasteiger partial charge in [-0.05, 0) is 38.0 Å². The molecule has 1 aromatic rings. The smallest absolute Gasteiger partial charge is 0.368 e. The van der Waals surface area contributed by atoms with E-state index in [4.69, 9.17) is 5.26 Å². The summed E-state index contributed by atoms with van der Waals surface area (Å²) >= 11 is 0. The van der Waals surface area contributed by atoms with Crippen LogP contribution in [0, 0.1) is 17.2 Å². The second kappa shape index (κ2) is 6.17. The number of nitriles is 1. The predicted octanol–water partition coefficient (Wildman–Crippen LogP) is 4.45. The maximum atomic E-state index is 12.7. The summed E-state index contributed by atoms with van der Waals surface area (Å²) in [6, 6.07) is 5.34. The van der Waals surface area contributed by atoms with E-state index in [-0.39, 0.29) is 11.6 Å². The SMILES string of the molecule is CC(C)CN(c1ccc(C(F)(F)F)cc1C#N)C(C)C. The third-order valence-corrected chi connectivity index (χ3v) is 2.94. The van der Waals surface area contributed by atoms with Crippen molar-refractivity contribution in [2.75, 3.05) is 11.4 Å². The third-order valence-electron chi connectivity index (χ3n) is 2.94. The molecule has 2 nitrogen and oxygen atoms in total. The molecule has 0 N–H and O–H groups in total. The van der Waals surface area contributed by atoms with Crippen molar-refractivity contribution in [2.45, 2.75) is 39.9 Å². The summed E-state index contributed by atoms with van der Waals surface area (Å²) in [5.41, 5.74) is -0.163. The van der Waals surface area contributed by atoms with Crippen molar-refractivity contribution >= 4 is 5.69 Å². The van der Waals surface area contributed by atoms with E-state index >= 15 is 0 Å². The Morgan fingerprint density at radius 3 is 2.20 bits per heavy atom. The summed E-state index contributed by atoms with van der Waals surface area (Å²) in [5.74, 6) is 0.353. The number of alkyl halides is 3. The zero-order valence-corrected chi connectivity index (χ0v) is 12.1. The molecule has 0 spiro atoms. The van der Waals surface area contributed by atoms with Crippen LogP contribution in [0.1, 0.15) is 38.8 Å². The second-order valence-corrected chi connectivity index (χ2v) is 5.48. The maximum Gasteiger partial charge on any atom is 0.416 e. The molecule has 0 atom stereocenters. The molecule has 110 valence electrons. The molecule has 0 bridgehead atoms. The molecule has 0 unspecified atom stereocenters. The Balaban J connectivity index is 3.27. The van der Waals surface area contributed by atoms with Crippen LogP contribution in [0.2, 0.25) is 0 Å². The topological polar surface area (TPSA) is 27.0 Å². The molecule has 0 saturated heterocycles. The van der Waals surface area contributed by atoms with Gasteiger partial charge in [-0.3, -0.25) is 0 Å². The molecule has 0 aromatic heterocycles. The van der Waals surface area contributed by atoms with E-state index in [9.17, 15) is 13.2 Å². The normalized spacial score (nSPS) is 11.8. The molecule has 0 heterocycles.